The second-order valence-corrected chi connectivity index (χ2v) is 3.80. The molecule has 0 saturated carbocycles. The Morgan fingerprint density at radius 2 is 2.42 bits per heavy atom. The average Bonchev–Trinajstić information content (AvgIpc) is 2.86. The molecule has 0 aromatic carbocycles. The molecule has 102 valence electrons. The molecule has 0 fully saturated rings. The Morgan fingerprint density at radius 1 is 1.63 bits per heavy atom. The Kier molecular flexibility index (Phi) is 6.46. The summed E-state index contributed by atoms with van der Waals surface area (Å²) >= 11 is 0. The zero-order valence-corrected chi connectivity index (χ0v) is 10.8. The van der Waals surface area contributed by atoms with Crippen LogP contribution in [0.25, 0.3) is 0 Å². The van der Waals surface area contributed by atoms with Gasteiger partial charge in [-0.05, 0) is 18.1 Å². The Hall–Kier alpha value is -2.01. The van der Waals surface area contributed by atoms with E-state index in [-0.39, 0.29) is 12.3 Å². The molecule has 0 aliphatic rings. The normalized spacial score (nSPS) is 12.5. The van der Waals surface area contributed by atoms with Gasteiger partial charge in [0.2, 0.25) is 0 Å². The van der Waals surface area contributed by atoms with Crippen molar-refractivity contribution in [3.8, 4) is 0 Å². The van der Waals surface area contributed by atoms with Crippen LogP contribution in [0.2, 0.25) is 0 Å². The molecule has 1 aromatic heterocycles. The summed E-state index contributed by atoms with van der Waals surface area (Å²) in [7, 11) is 0. The quantitative estimate of drug-likeness (QED) is 0.535. The number of aldehydes is 1. The minimum Gasteiger partial charge on any atom is -0.369 e. The van der Waals surface area contributed by atoms with Crippen molar-refractivity contribution in [3.63, 3.8) is 0 Å². The third-order valence-corrected chi connectivity index (χ3v) is 2.41. The van der Waals surface area contributed by atoms with Gasteiger partial charge in [-0.25, -0.2) is 4.39 Å². The van der Waals surface area contributed by atoms with Gasteiger partial charge in [0, 0.05) is 6.07 Å². The van der Waals surface area contributed by atoms with Gasteiger partial charge >= 0.3 is 0 Å². The van der Waals surface area contributed by atoms with Crippen LogP contribution < -0.4 is 0 Å². The van der Waals surface area contributed by atoms with Crippen molar-refractivity contribution in [2.24, 2.45) is 0 Å². The van der Waals surface area contributed by atoms with Crippen LogP contribution in [0.3, 0.4) is 0 Å². The summed E-state index contributed by atoms with van der Waals surface area (Å²) in [5.74, 6) is 0.465. The highest BCUT2D eigenvalue weighted by Gasteiger charge is 2.05. The summed E-state index contributed by atoms with van der Waals surface area (Å²) in [6.45, 7) is 5.37. The number of alkyl halides is 1. The predicted octanol–water partition coefficient (Wildman–Crippen LogP) is 3.03. The molecular weight excluding hydrogens is 249 g/mol. The van der Waals surface area contributed by atoms with Crippen molar-refractivity contribution in [1.29, 1.82) is 0 Å². The van der Waals surface area contributed by atoms with E-state index in [1.807, 2.05) is 0 Å². The van der Waals surface area contributed by atoms with Crippen molar-refractivity contribution in [1.82, 2.24) is 5.16 Å². The minimum atomic E-state index is -0.523. The van der Waals surface area contributed by atoms with Crippen molar-refractivity contribution >= 4 is 6.29 Å². The van der Waals surface area contributed by atoms with Crippen LogP contribution >= 0.6 is 0 Å². The molecule has 0 saturated heterocycles. The molecule has 0 spiro atoms. The summed E-state index contributed by atoms with van der Waals surface area (Å²) in [5, 5.41) is 3.52. The van der Waals surface area contributed by atoms with Crippen LogP contribution in [0.5, 0.6) is 0 Å². The predicted molar refractivity (Wildman–Crippen MR) is 69.6 cm³/mol. The number of halogens is 1. The molecule has 0 N–H and O–H groups in total. The van der Waals surface area contributed by atoms with E-state index in [2.05, 4.69) is 11.7 Å². The number of rotatable bonds is 8. The molecule has 4 nitrogen and oxygen atoms in total. The van der Waals surface area contributed by atoms with Gasteiger partial charge in [-0.2, -0.15) is 0 Å². The summed E-state index contributed by atoms with van der Waals surface area (Å²) < 4.78 is 22.6. The molecule has 0 bridgehead atoms. The first kappa shape index (κ1) is 15.0. The first-order valence-electron chi connectivity index (χ1n) is 5.74. The molecule has 0 aliphatic heterocycles. The van der Waals surface area contributed by atoms with Crippen LogP contribution in [0, 0.1) is 0 Å². The largest absolute Gasteiger partial charge is 0.369 e. The number of aromatic nitrogens is 1. The molecule has 0 unspecified atom stereocenters. The number of ether oxygens (including phenoxy) is 1. The first-order valence-corrected chi connectivity index (χ1v) is 5.74. The minimum absolute atomic E-state index is 0.193. The highest BCUT2D eigenvalue weighted by atomic mass is 19.1. The summed E-state index contributed by atoms with van der Waals surface area (Å²) in [6, 6.07) is 1.51. The lowest BCUT2D eigenvalue weighted by atomic mass is 10.1. The maximum Gasteiger partial charge on any atom is 0.171 e. The van der Waals surface area contributed by atoms with E-state index in [9.17, 15) is 9.18 Å². The van der Waals surface area contributed by atoms with Crippen molar-refractivity contribution in [2.45, 2.75) is 13.5 Å². The van der Waals surface area contributed by atoms with Gasteiger partial charge < -0.3 is 9.26 Å². The Morgan fingerprint density at radius 3 is 3.00 bits per heavy atom. The third-order valence-electron chi connectivity index (χ3n) is 2.41. The van der Waals surface area contributed by atoms with Crippen LogP contribution in [0.1, 0.15) is 23.2 Å². The van der Waals surface area contributed by atoms with Gasteiger partial charge in [-0.1, -0.05) is 30.0 Å². The molecule has 0 amide bonds. The second-order valence-electron chi connectivity index (χ2n) is 3.80. The Labute approximate surface area is 111 Å². The zero-order valence-electron chi connectivity index (χ0n) is 10.8. The fourth-order valence-electron chi connectivity index (χ4n) is 1.40. The van der Waals surface area contributed by atoms with Gasteiger partial charge in [0.1, 0.15) is 19.0 Å². The standard InChI is InChI=1S/C14H16FNO3/c1-3-4-12(11(2)5-6-15)9-18-10-14-7-13(8-17)16-19-14/h3-5,7-8H,1,6,9-10H2,2H3/b11-5-,12-4-. The molecule has 1 heterocycles. The van der Waals surface area contributed by atoms with Crippen LogP contribution in [0.4, 0.5) is 4.39 Å². The number of hydrogen-bond acceptors (Lipinski definition) is 4. The van der Waals surface area contributed by atoms with E-state index >= 15 is 0 Å². The summed E-state index contributed by atoms with van der Waals surface area (Å²) in [4.78, 5) is 10.4. The highest BCUT2D eigenvalue weighted by molar-refractivity contribution is 5.71. The van der Waals surface area contributed by atoms with E-state index in [0.717, 1.165) is 11.1 Å². The maximum atomic E-state index is 12.2. The molecule has 1 rings (SSSR count). The fraction of sp³-hybridized carbons (Fsp3) is 0.286. The molecular formula is C14H16FNO3. The van der Waals surface area contributed by atoms with E-state index in [1.165, 1.54) is 12.1 Å². The summed E-state index contributed by atoms with van der Waals surface area (Å²) in [6.07, 6.45) is 5.45. The SMILES string of the molecule is C=C/C=C(COCc1cc(C=O)no1)\C(C)=C/CF. The maximum absolute atomic E-state index is 12.2. The third kappa shape index (κ3) is 5.01. The highest BCUT2D eigenvalue weighted by Crippen LogP contribution is 2.12. The lowest BCUT2D eigenvalue weighted by Crippen LogP contribution is -2.00. The van der Waals surface area contributed by atoms with Gasteiger partial charge in [0.15, 0.2) is 12.0 Å². The number of allylic oxidation sites excluding steroid dienone is 3. The monoisotopic (exact) mass is 265 g/mol. The molecule has 1 aromatic rings. The van der Waals surface area contributed by atoms with E-state index in [4.69, 9.17) is 9.26 Å². The van der Waals surface area contributed by atoms with Crippen LogP contribution in [-0.2, 0) is 11.3 Å². The molecule has 0 aliphatic carbocycles. The lowest BCUT2D eigenvalue weighted by Gasteiger charge is -2.07. The number of carbonyl (C=O) groups excluding carboxylic acids is 1. The van der Waals surface area contributed by atoms with Gasteiger partial charge in [0.25, 0.3) is 0 Å². The Balaban J connectivity index is 2.53. The lowest BCUT2D eigenvalue weighted by molar-refractivity contribution is 0.111. The molecule has 5 heteroatoms. The molecule has 0 atom stereocenters. The van der Waals surface area contributed by atoms with Crippen molar-refractivity contribution in [2.75, 3.05) is 13.3 Å². The fourth-order valence-corrected chi connectivity index (χ4v) is 1.40. The van der Waals surface area contributed by atoms with Crippen molar-refractivity contribution < 1.29 is 18.4 Å². The van der Waals surface area contributed by atoms with Crippen LogP contribution in [-0.4, -0.2) is 24.7 Å². The molecule has 0 radical (unpaired) electrons. The topological polar surface area (TPSA) is 52.3 Å². The number of nitrogens with zero attached hydrogens (tertiary/aromatic N) is 1. The average molecular weight is 265 g/mol. The van der Waals surface area contributed by atoms with Gasteiger partial charge in [-0.3, -0.25) is 4.79 Å². The van der Waals surface area contributed by atoms with Gasteiger partial charge in [-0.15, -0.1) is 0 Å². The second kappa shape index (κ2) is 8.16. The van der Waals surface area contributed by atoms with Gasteiger partial charge in [0.05, 0.1) is 6.61 Å². The smallest absolute Gasteiger partial charge is 0.171 e. The van der Waals surface area contributed by atoms with E-state index < -0.39 is 6.67 Å². The Bertz CT molecular complexity index is 489. The van der Waals surface area contributed by atoms with Crippen molar-refractivity contribution in [3.05, 3.63) is 53.5 Å². The molecule has 19 heavy (non-hydrogen) atoms. The van der Waals surface area contributed by atoms with E-state index in [0.29, 0.717) is 18.7 Å². The van der Waals surface area contributed by atoms with Crippen LogP contribution in [0.15, 0.2) is 46.5 Å². The number of carbonyl (C=O) groups is 1. The number of hydrogen-bond donors (Lipinski definition) is 0. The summed E-state index contributed by atoms with van der Waals surface area (Å²) in [5.41, 5.74) is 1.87. The van der Waals surface area contributed by atoms with E-state index in [1.54, 1.807) is 19.1 Å². The zero-order chi connectivity index (χ0) is 14.1. The first-order chi connectivity index (χ1) is 9.21.